The third-order valence-electron chi connectivity index (χ3n) is 2.90. The molecule has 0 aromatic heterocycles. The lowest BCUT2D eigenvalue weighted by molar-refractivity contribution is 0.400. The molecule has 0 aliphatic carbocycles. The summed E-state index contributed by atoms with van der Waals surface area (Å²) in [7, 11) is -3.05. The molecule has 0 spiro atoms. The Bertz CT molecular complexity index is 460. The molecule has 0 aliphatic rings. The van der Waals surface area contributed by atoms with Gasteiger partial charge in [-0.2, -0.15) is 0 Å². The minimum Gasteiger partial charge on any atom is -0.507 e. The summed E-state index contributed by atoms with van der Waals surface area (Å²) < 4.78 is 15.8. The normalized spacial score (nSPS) is 14.3. The Morgan fingerprint density at radius 2 is 1.37 bits per heavy atom. The zero-order valence-corrected chi connectivity index (χ0v) is 13.4. The van der Waals surface area contributed by atoms with Crippen LogP contribution in [0.4, 0.5) is 0 Å². The first-order valence-corrected chi connectivity index (χ1v) is 7.48. The first kappa shape index (κ1) is 16.1. The molecule has 0 saturated heterocycles. The van der Waals surface area contributed by atoms with Gasteiger partial charge in [-0.25, -0.2) is 4.57 Å². The lowest BCUT2D eigenvalue weighted by Gasteiger charge is -2.27. The highest BCUT2D eigenvalue weighted by molar-refractivity contribution is 7.32. The highest BCUT2D eigenvalue weighted by Crippen LogP contribution is 2.42. The predicted molar refractivity (Wildman–Crippen MR) is 77.4 cm³/mol. The summed E-state index contributed by atoms with van der Waals surface area (Å²) in [6.07, 6.45) is 0. The highest BCUT2D eigenvalue weighted by Gasteiger charge is 2.27. The van der Waals surface area contributed by atoms with Crippen molar-refractivity contribution in [3.63, 3.8) is 0 Å². The Kier molecular flexibility index (Phi) is 4.38. The van der Waals surface area contributed by atoms with Crippen LogP contribution in [-0.2, 0) is 15.4 Å². The van der Waals surface area contributed by atoms with Gasteiger partial charge in [-0.05, 0) is 23.0 Å². The first-order valence-electron chi connectivity index (χ1n) is 6.21. The largest absolute Gasteiger partial charge is 0.507 e. The average Bonchev–Trinajstić information content (AvgIpc) is 2.16. The SMILES string of the molecule is CC(C)(C)c1cc(O[PH](=O)O)cc(C(C)(C)C)c1O. The van der Waals surface area contributed by atoms with Gasteiger partial charge in [0.1, 0.15) is 11.5 Å². The maximum Gasteiger partial charge on any atom is 0.365 e. The third-order valence-corrected chi connectivity index (χ3v) is 3.31. The summed E-state index contributed by atoms with van der Waals surface area (Å²) in [6, 6.07) is 3.26. The molecule has 1 rings (SSSR count). The quantitative estimate of drug-likeness (QED) is 0.813. The molecule has 2 N–H and O–H groups in total. The van der Waals surface area contributed by atoms with Crippen molar-refractivity contribution in [3.8, 4) is 11.5 Å². The van der Waals surface area contributed by atoms with Crippen molar-refractivity contribution in [3.05, 3.63) is 23.3 Å². The van der Waals surface area contributed by atoms with Crippen LogP contribution >= 0.6 is 8.25 Å². The molecular weight excluding hydrogens is 263 g/mol. The van der Waals surface area contributed by atoms with E-state index in [1.165, 1.54) is 0 Å². The van der Waals surface area contributed by atoms with E-state index in [1.807, 2.05) is 41.5 Å². The molecule has 108 valence electrons. The Morgan fingerprint density at radius 3 is 1.63 bits per heavy atom. The van der Waals surface area contributed by atoms with Crippen LogP contribution in [0.2, 0.25) is 0 Å². The van der Waals surface area contributed by atoms with E-state index in [0.717, 1.165) is 0 Å². The van der Waals surface area contributed by atoms with Crippen LogP contribution in [0.1, 0.15) is 52.7 Å². The standard InChI is InChI=1S/C14H23O4P/c1-13(2,3)10-7-9(18-19(16)17)8-11(12(10)15)14(4,5)6/h7-8,15,19H,1-6H3,(H,16,17). The van der Waals surface area contributed by atoms with Crippen LogP contribution in [0.3, 0.4) is 0 Å². The fourth-order valence-electron chi connectivity index (χ4n) is 1.91. The summed E-state index contributed by atoms with van der Waals surface area (Å²) in [6.45, 7) is 11.8. The van der Waals surface area contributed by atoms with Crippen molar-refractivity contribution < 1.29 is 19.1 Å². The number of phenolic OH excluding ortho intramolecular Hbond substituents is 1. The topological polar surface area (TPSA) is 66.8 Å². The fraction of sp³-hybridized carbons (Fsp3) is 0.571. The van der Waals surface area contributed by atoms with Gasteiger partial charge in [-0.1, -0.05) is 41.5 Å². The minimum absolute atomic E-state index is 0.227. The smallest absolute Gasteiger partial charge is 0.365 e. The molecule has 0 amide bonds. The van der Waals surface area contributed by atoms with Crippen molar-refractivity contribution >= 4 is 8.25 Å². The van der Waals surface area contributed by atoms with Gasteiger partial charge < -0.3 is 14.5 Å². The Morgan fingerprint density at radius 1 is 1.00 bits per heavy atom. The number of hydrogen-bond donors (Lipinski definition) is 2. The molecule has 5 heteroatoms. The monoisotopic (exact) mass is 286 g/mol. The van der Waals surface area contributed by atoms with Crippen molar-refractivity contribution in [2.75, 3.05) is 0 Å². The van der Waals surface area contributed by atoms with Gasteiger partial charge in [0.05, 0.1) is 0 Å². The average molecular weight is 286 g/mol. The van der Waals surface area contributed by atoms with Gasteiger partial charge in [0.15, 0.2) is 0 Å². The lowest BCUT2D eigenvalue weighted by Crippen LogP contribution is -2.17. The van der Waals surface area contributed by atoms with Crippen LogP contribution in [0.15, 0.2) is 12.1 Å². The van der Waals surface area contributed by atoms with Crippen molar-refractivity contribution in [2.24, 2.45) is 0 Å². The Hall–Kier alpha value is -0.990. The molecule has 19 heavy (non-hydrogen) atoms. The zero-order valence-electron chi connectivity index (χ0n) is 12.4. The van der Waals surface area contributed by atoms with Gasteiger partial charge in [-0.15, -0.1) is 0 Å². The van der Waals surface area contributed by atoms with Crippen LogP contribution in [0.25, 0.3) is 0 Å². The summed E-state index contributed by atoms with van der Waals surface area (Å²) in [5.74, 6) is 0.545. The predicted octanol–water partition coefficient (Wildman–Crippen LogP) is 3.75. The molecule has 1 aromatic rings. The van der Waals surface area contributed by atoms with E-state index in [1.54, 1.807) is 12.1 Å². The van der Waals surface area contributed by atoms with Gasteiger partial charge in [0, 0.05) is 11.1 Å². The second-order valence-corrected chi connectivity index (χ2v) is 7.47. The molecule has 0 aliphatic heterocycles. The maximum atomic E-state index is 10.9. The Labute approximate surface area is 115 Å². The second kappa shape index (κ2) is 5.18. The molecule has 0 saturated carbocycles. The van der Waals surface area contributed by atoms with E-state index >= 15 is 0 Å². The molecule has 0 fully saturated rings. The van der Waals surface area contributed by atoms with Gasteiger partial charge in [-0.3, -0.25) is 0 Å². The molecule has 0 bridgehead atoms. The molecule has 1 atom stereocenters. The van der Waals surface area contributed by atoms with Crippen LogP contribution < -0.4 is 4.52 Å². The Balaban J connectivity index is 3.52. The summed E-state index contributed by atoms with van der Waals surface area (Å²) in [5.41, 5.74) is 0.847. The zero-order chi connectivity index (χ0) is 15.0. The van der Waals surface area contributed by atoms with E-state index in [4.69, 9.17) is 9.42 Å². The van der Waals surface area contributed by atoms with Gasteiger partial charge in [0.2, 0.25) is 0 Å². The number of benzene rings is 1. The van der Waals surface area contributed by atoms with Crippen molar-refractivity contribution in [2.45, 2.75) is 52.4 Å². The molecule has 1 aromatic carbocycles. The fourth-order valence-corrected chi connectivity index (χ4v) is 2.23. The van der Waals surface area contributed by atoms with E-state index < -0.39 is 8.25 Å². The van der Waals surface area contributed by atoms with Crippen LogP contribution in [-0.4, -0.2) is 10.00 Å². The molecule has 1 unspecified atom stereocenters. The highest BCUT2D eigenvalue weighted by atomic mass is 31.1. The first-order chi connectivity index (χ1) is 8.43. The minimum atomic E-state index is -3.05. The van der Waals surface area contributed by atoms with Gasteiger partial charge in [0.25, 0.3) is 0 Å². The number of rotatable bonds is 2. The number of aromatic hydroxyl groups is 1. The molecular formula is C14H23O4P. The maximum absolute atomic E-state index is 10.9. The van der Waals surface area contributed by atoms with Crippen molar-refractivity contribution in [1.82, 2.24) is 0 Å². The molecule has 0 radical (unpaired) electrons. The van der Waals surface area contributed by atoms with Crippen LogP contribution in [0, 0.1) is 0 Å². The third kappa shape index (κ3) is 3.99. The lowest BCUT2D eigenvalue weighted by atomic mass is 9.79. The summed E-state index contributed by atoms with van der Waals surface area (Å²) in [5, 5.41) is 10.4. The summed E-state index contributed by atoms with van der Waals surface area (Å²) in [4.78, 5) is 8.92. The van der Waals surface area contributed by atoms with Crippen molar-refractivity contribution in [1.29, 1.82) is 0 Å². The number of hydrogen-bond acceptors (Lipinski definition) is 3. The van der Waals surface area contributed by atoms with E-state index in [9.17, 15) is 9.67 Å². The van der Waals surface area contributed by atoms with Gasteiger partial charge >= 0.3 is 8.25 Å². The molecule has 0 heterocycles. The van der Waals surface area contributed by atoms with Crippen LogP contribution in [0.5, 0.6) is 11.5 Å². The summed E-state index contributed by atoms with van der Waals surface area (Å²) >= 11 is 0. The molecule has 4 nitrogen and oxygen atoms in total. The van der Waals surface area contributed by atoms with E-state index in [0.29, 0.717) is 16.9 Å². The number of phenols is 1. The second-order valence-electron chi connectivity index (χ2n) is 6.73. The van der Waals surface area contributed by atoms with E-state index in [-0.39, 0.29) is 16.6 Å². The van der Waals surface area contributed by atoms with E-state index in [2.05, 4.69) is 0 Å².